The lowest BCUT2D eigenvalue weighted by Gasteiger charge is -2.31. The molecule has 144 valence electrons. The van der Waals surface area contributed by atoms with E-state index >= 15 is 0 Å². The third-order valence-electron chi connectivity index (χ3n) is 4.32. The maximum absolute atomic E-state index is 12.7. The van der Waals surface area contributed by atoms with Crippen molar-refractivity contribution in [1.82, 2.24) is 14.9 Å². The van der Waals surface area contributed by atoms with Gasteiger partial charge in [0.2, 0.25) is 15.9 Å². The van der Waals surface area contributed by atoms with Crippen LogP contribution in [0.3, 0.4) is 0 Å². The van der Waals surface area contributed by atoms with E-state index in [-0.39, 0.29) is 24.9 Å². The number of rotatable bonds is 7. The molecule has 1 aliphatic rings. The molecule has 0 bridgehead atoms. The lowest BCUT2D eigenvalue weighted by molar-refractivity contribution is -0.895. The molecule has 1 saturated heterocycles. The van der Waals surface area contributed by atoms with Gasteiger partial charge in [-0.1, -0.05) is 17.7 Å². The van der Waals surface area contributed by atoms with Crippen molar-refractivity contribution in [2.45, 2.75) is 18.7 Å². The van der Waals surface area contributed by atoms with E-state index in [1.807, 2.05) is 13.8 Å². The Hall–Kier alpha value is -1.97. The number of sulfonamides is 1. The van der Waals surface area contributed by atoms with E-state index in [1.54, 1.807) is 24.3 Å². The second-order valence-electron chi connectivity index (χ2n) is 6.37. The highest BCUT2D eigenvalue weighted by molar-refractivity contribution is 7.89. The lowest BCUT2D eigenvalue weighted by Crippen LogP contribution is -3.15. The molecule has 0 spiro atoms. The van der Waals surface area contributed by atoms with Crippen LogP contribution in [0.25, 0.3) is 0 Å². The monoisotopic (exact) mass is 383 g/mol. The van der Waals surface area contributed by atoms with Crippen molar-refractivity contribution in [2.75, 3.05) is 45.8 Å². The molecule has 1 fully saturated rings. The van der Waals surface area contributed by atoms with Gasteiger partial charge in [0.05, 0.1) is 37.6 Å². The minimum atomic E-state index is -3.49. The summed E-state index contributed by atoms with van der Waals surface area (Å²) in [6.07, 6.45) is 0. The van der Waals surface area contributed by atoms with E-state index in [1.165, 1.54) is 4.31 Å². The summed E-state index contributed by atoms with van der Waals surface area (Å²) in [5, 5.41) is 5.20. The fraction of sp³-hybridized carbons (Fsp3) is 0.529. The number of carbonyl (C=O) groups excluding carboxylic acids is 2. The molecule has 0 radical (unpaired) electrons. The first-order chi connectivity index (χ1) is 12.3. The van der Waals surface area contributed by atoms with Gasteiger partial charge in [0.1, 0.15) is 0 Å². The number of quaternary nitrogens is 1. The zero-order valence-electron chi connectivity index (χ0n) is 15.2. The maximum atomic E-state index is 12.7. The summed E-state index contributed by atoms with van der Waals surface area (Å²) in [6, 6.07) is 6.82. The molecule has 2 rings (SSSR count). The van der Waals surface area contributed by atoms with Crippen LogP contribution in [-0.4, -0.2) is 70.4 Å². The number of nitrogens with one attached hydrogen (secondary N) is 3. The Balaban J connectivity index is 1.82. The van der Waals surface area contributed by atoms with E-state index in [0.717, 1.165) is 10.5 Å². The van der Waals surface area contributed by atoms with Crippen LogP contribution < -0.4 is 15.5 Å². The number of amides is 2. The Labute approximate surface area is 154 Å². The van der Waals surface area contributed by atoms with Crippen LogP contribution in [0.4, 0.5) is 0 Å². The van der Waals surface area contributed by atoms with Gasteiger partial charge in [-0.3, -0.25) is 9.59 Å². The van der Waals surface area contributed by atoms with Crippen LogP contribution in [-0.2, 0) is 19.6 Å². The first-order valence-electron chi connectivity index (χ1n) is 8.76. The van der Waals surface area contributed by atoms with E-state index in [0.29, 0.717) is 37.6 Å². The first kappa shape index (κ1) is 20.3. The minimum absolute atomic E-state index is 0.0338. The Morgan fingerprint density at radius 2 is 1.69 bits per heavy atom. The molecule has 1 aliphatic heterocycles. The number of hydrogen-bond donors (Lipinski definition) is 3. The Morgan fingerprint density at radius 1 is 1.08 bits per heavy atom. The van der Waals surface area contributed by atoms with Gasteiger partial charge in [0.15, 0.2) is 6.54 Å². The highest BCUT2D eigenvalue weighted by Gasteiger charge is 2.31. The molecule has 26 heavy (non-hydrogen) atoms. The van der Waals surface area contributed by atoms with Crippen LogP contribution in [0.1, 0.15) is 12.5 Å². The number of likely N-dealkylation sites (N-methyl/N-ethyl adjacent to an activating group) is 1. The van der Waals surface area contributed by atoms with Gasteiger partial charge in [-0.25, -0.2) is 8.42 Å². The maximum Gasteiger partial charge on any atom is 0.275 e. The van der Waals surface area contributed by atoms with Crippen LogP contribution >= 0.6 is 0 Å². The van der Waals surface area contributed by atoms with E-state index in [4.69, 9.17) is 0 Å². The van der Waals surface area contributed by atoms with Gasteiger partial charge in [-0.05, 0) is 26.0 Å². The highest BCUT2D eigenvalue weighted by atomic mass is 32.2. The summed E-state index contributed by atoms with van der Waals surface area (Å²) in [5.74, 6) is -0.425. The number of benzene rings is 1. The normalized spacial score (nSPS) is 16.2. The van der Waals surface area contributed by atoms with Gasteiger partial charge in [-0.15, -0.1) is 0 Å². The first-order valence-corrected chi connectivity index (χ1v) is 10.2. The number of nitrogens with zero attached hydrogens (tertiary/aromatic N) is 1. The predicted octanol–water partition coefficient (Wildman–Crippen LogP) is -1.86. The molecule has 1 heterocycles. The second-order valence-corrected chi connectivity index (χ2v) is 8.31. The number of piperazine rings is 1. The molecule has 0 aromatic heterocycles. The molecule has 1 aromatic carbocycles. The summed E-state index contributed by atoms with van der Waals surface area (Å²) in [4.78, 5) is 24.6. The average molecular weight is 383 g/mol. The van der Waals surface area contributed by atoms with Crippen LogP contribution in [0.5, 0.6) is 0 Å². The van der Waals surface area contributed by atoms with Gasteiger partial charge in [-0.2, -0.15) is 4.31 Å². The van der Waals surface area contributed by atoms with Gasteiger partial charge in [0, 0.05) is 6.54 Å². The largest absolute Gasteiger partial charge is 0.355 e. The summed E-state index contributed by atoms with van der Waals surface area (Å²) in [7, 11) is -3.49. The smallest absolute Gasteiger partial charge is 0.275 e. The van der Waals surface area contributed by atoms with Crippen LogP contribution in [0, 0.1) is 6.92 Å². The third-order valence-corrected chi connectivity index (χ3v) is 6.23. The average Bonchev–Trinajstić information content (AvgIpc) is 2.61. The Bertz CT molecular complexity index is 726. The van der Waals surface area contributed by atoms with Crippen molar-refractivity contribution < 1.29 is 22.9 Å². The van der Waals surface area contributed by atoms with E-state index in [2.05, 4.69) is 10.6 Å². The van der Waals surface area contributed by atoms with Crippen molar-refractivity contribution in [2.24, 2.45) is 0 Å². The van der Waals surface area contributed by atoms with Crippen LogP contribution in [0.15, 0.2) is 29.2 Å². The van der Waals surface area contributed by atoms with E-state index in [9.17, 15) is 18.0 Å². The molecule has 0 saturated carbocycles. The second kappa shape index (κ2) is 9.11. The topological polar surface area (TPSA) is 100 Å². The number of aryl methyl sites for hydroxylation is 1. The van der Waals surface area contributed by atoms with Crippen molar-refractivity contribution in [1.29, 1.82) is 0 Å². The molecule has 1 aromatic rings. The lowest BCUT2D eigenvalue weighted by atomic mass is 10.2. The molecule has 0 atom stereocenters. The standard InChI is InChI=1S/C17H26N4O4S/c1-3-18-16(22)12-19-17(23)13-20-8-10-21(11-9-20)26(24,25)15-6-4-14(2)5-7-15/h4-7H,3,8-13H2,1-2H3,(H,18,22)(H,19,23)/p+1. The van der Waals surface area contributed by atoms with Crippen molar-refractivity contribution in [3.63, 3.8) is 0 Å². The summed E-state index contributed by atoms with van der Waals surface area (Å²) < 4.78 is 26.8. The van der Waals surface area contributed by atoms with Crippen LogP contribution in [0.2, 0.25) is 0 Å². The Morgan fingerprint density at radius 3 is 2.27 bits per heavy atom. The van der Waals surface area contributed by atoms with E-state index < -0.39 is 10.0 Å². The van der Waals surface area contributed by atoms with Gasteiger partial charge < -0.3 is 15.5 Å². The molecule has 0 unspecified atom stereocenters. The summed E-state index contributed by atoms with van der Waals surface area (Å²) >= 11 is 0. The van der Waals surface area contributed by atoms with Crippen molar-refractivity contribution in [3.8, 4) is 0 Å². The molecule has 3 N–H and O–H groups in total. The summed E-state index contributed by atoms with van der Waals surface area (Å²) in [5.41, 5.74) is 1.01. The fourth-order valence-electron chi connectivity index (χ4n) is 2.81. The van der Waals surface area contributed by atoms with Gasteiger partial charge >= 0.3 is 0 Å². The molecule has 9 heteroatoms. The number of hydrogen-bond acceptors (Lipinski definition) is 4. The number of carbonyl (C=O) groups is 2. The molecular formula is C17H27N4O4S+. The minimum Gasteiger partial charge on any atom is -0.355 e. The zero-order valence-corrected chi connectivity index (χ0v) is 16.1. The highest BCUT2D eigenvalue weighted by Crippen LogP contribution is 2.16. The molecule has 2 amide bonds. The third kappa shape index (κ3) is 5.52. The van der Waals surface area contributed by atoms with Gasteiger partial charge in [0.25, 0.3) is 5.91 Å². The SMILES string of the molecule is CCNC(=O)CNC(=O)C[NH+]1CCN(S(=O)(=O)c2ccc(C)cc2)CC1. The van der Waals surface area contributed by atoms with Crippen molar-refractivity contribution in [3.05, 3.63) is 29.8 Å². The Kier molecular flexibility index (Phi) is 7.13. The molecular weight excluding hydrogens is 356 g/mol. The zero-order chi connectivity index (χ0) is 19.2. The van der Waals surface area contributed by atoms with Crippen molar-refractivity contribution >= 4 is 21.8 Å². The fourth-order valence-corrected chi connectivity index (χ4v) is 4.25. The summed E-state index contributed by atoms with van der Waals surface area (Å²) in [6.45, 7) is 6.30. The molecule has 8 nitrogen and oxygen atoms in total. The quantitative estimate of drug-likeness (QED) is 0.514. The molecule has 0 aliphatic carbocycles. The predicted molar refractivity (Wildman–Crippen MR) is 97.2 cm³/mol.